The summed E-state index contributed by atoms with van der Waals surface area (Å²) in [4.78, 5) is 0. The molecule has 0 aromatic heterocycles. The van der Waals surface area contributed by atoms with E-state index < -0.39 is 0 Å². The average molecular weight is 228 g/mol. The summed E-state index contributed by atoms with van der Waals surface area (Å²) in [6.07, 6.45) is 5.08. The molecule has 0 aromatic carbocycles. The molecule has 0 amide bonds. The van der Waals surface area contributed by atoms with Crippen LogP contribution in [0.5, 0.6) is 0 Å². The monoisotopic (exact) mass is 228 g/mol. The van der Waals surface area contributed by atoms with Crippen LogP contribution in [-0.2, 0) is 0 Å². The summed E-state index contributed by atoms with van der Waals surface area (Å²) in [6, 6.07) is 0. The predicted molar refractivity (Wildman–Crippen MR) is 73.0 cm³/mol. The third-order valence-electron chi connectivity index (χ3n) is 4.23. The van der Waals surface area contributed by atoms with Gasteiger partial charge in [-0.05, 0) is 30.1 Å². The zero-order valence-electron chi connectivity index (χ0n) is 11.9. The maximum Gasteiger partial charge on any atom is 0.0549 e. The van der Waals surface area contributed by atoms with Gasteiger partial charge in [0.05, 0.1) is 6.17 Å². The van der Waals surface area contributed by atoms with E-state index in [-0.39, 0.29) is 6.17 Å². The lowest BCUT2D eigenvalue weighted by atomic mass is 9.80. The lowest BCUT2D eigenvalue weighted by Gasteiger charge is -2.28. The van der Waals surface area contributed by atoms with E-state index in [1.54, 1.807) is 0 Å². The van der Waals surface area contributed by atoms with Crippen LogP contribution in [0.2, 0.25) is 0 Å². The molecule has 0 aliphatic rings. The molecule has 0 aliphatic heterocycles. The molecule has 0 bridgehead atoms. The van der Waals surface area contributed by atoms with Crippen LogP contribution in [0.15, 0.2) is 0 Å². The van der Waals surface area contributed by atoms with Gasteiger partial charge in [0.15, 0.2) is 0 Å². The smallest absolute Gasteiger partial charge is 0.0549 e. The van der Waals surface area contributed by atoms with Crippen molar-refractivity contribution in [2.24, 2.45) is 35.1 Å². The largest absolute Gasteiger partial charge is 0.316 e. The first-order valence-electron chi connectivity index (χ1n) is 6.91. The molecule has 0 heterocycles. The zero-order valence-corrected chi connectivity index (χ0v) is 11.9. The van der Waals surface area contributed by atoms with Gasteiger partial charge >= 0.3 is 0 Å². The topological polar surface area (TPSA) is 52.0 Å². The number of nitrogens with two attached hydrogens (primary N) is 2. The van der Waals surface area contributed by atoms with Crippen LogP contribution in [0.25, 0.3) is 0 Å². The minimum absolute atomic E-state index is 0.173. The molecule has 0 fully saturated rings. The second kappa shape index (κ2) is 8.08. The van der Waals surface area contributed by atoms with Gasteiger partial charge in [0.25, 0.3) is 0 Å². The molecule has 0 aliphatic carbocycles. The van der Waals surface area contributed by atoms with E-state index in [4.69, 9.17) is 11.5 Å². The Hall–Kier alpha value is -0.0800. The average Bonchev–Trinajstić information content (AvgIpc) is 2.24. The lowest BCUT2D eigenvalue weighted by molar-refractivity contribution is 0.232. The third kappa shape index (κ3) is 5.86. The third-order valence-corrected chi connectivity index (χ3v) is 4.23. The van der Waals surface area contributed by atoms with E-state index in [9.17, 15) is 0 Å². The van der Waals surface area contributed by atoms with Gasteiger partial charge in [0.1, 0.15) is 0 Å². The van der Waals surface area contributed by atoms with Crippen LogP contribution in [0.4, 0.5) is 0 Å². The SMILES string of the molecule is CCCCC(C)C(C)CC(C)C(C)C(N)N. The number of hydrogen-bond donors (Lipinski definition) is 2. The summed E-state index contributed by atoms with van der Waals surface area (Å²) in [6.45, 7) is 11.4. The Balaban J connectivity index is 3.97. The minimum Gasteiger partial charge on any atom is -0.316 e. The second-order valence-corrected chi connectivity index (χ2v) is 5.75. The Kier molecular flexibility index (Phi) is 8.04. The molecule has 4 unspecified atom stereocenters. The van der Waals surface area contributed by atoms with Gasteiger partial charge in [-0.15, -0.1) is 0 Å². The van der Waals surface area contributed by atoms with E-state index in [0.29, 0.717) is 11.8 Å². The molecular weight excluding hydrogens is 196 g/mol. The van der Waals surface area contributed by atoms with Crippen molar-refractivity contribution in [1.29, 1.82) is 0 Å². The summed E-state index contributed by atoms with van der Waals surface area (Å²) in [5.41, 5.74) is 11.5. The fourth-order valence-electron chi connectivity index (χ4n) is 2.22. The predicted octanol–water partition coefficient (Wildman–Crippen LogP) is 3.35. The molecule has 16 heavy (non-hydrogen) atoms. The van der Waals surface area contributed by atoms with Gasteiger partial charge in [-0.1, -0.05) is 53.9 Å². The Morgan fingerprint density at radius 3 is 1.88 bits per heavy atom. The van der Waals surface area contributed by atoms with Crippen molar-refractivity contribution in [3.05, 3.63) is 0 Å². The van der Waals surface area contributed by atoms with Crippen LogP contribution in [0.1, 0.15) is 60.3 Å². The highest BCUT2D eigenvalue weighted by Gasteiger charge is 2.21. The van der Waals surface area contributed by atoms with E-state index >= 15 is 0 Å². The normalized spacial score (nSPS) is 19.5. The first-order chi connectivity index (χ1) is 7.40. The van der Waals surface area contributed by atoms with E-state index in [1.807, 2.05) is 0 Å². The molecule has 4 N–H and O–H groups in total. The fraction of sp³-hybridized carbons (Fsp3) is 1.00. The summed E-state index contributed by atoms with van der Waals surface area (Å²) < 4.78 is 0. The number of rotatable bonds is 8. The Morgan fingerprint density at radius 1 is 0.875 bits per heavy atom. The molecule has 0 saturated carbocycles. The van der Waals surface area contributed by atoms with Gasteiger partial charge < -0.3 is 11.5 Å². The van der Waals surface area contributed by atoms with E-state index in [1.165, 1.54) is 25.7 Å². The van der Waals surface area contributed by atoms with Crippen molar-refractivity contribution < 1.29 is 0 Å². The number of hydrogen-bond acceptors (Lipinski definition) is 2. The molecule has 0 spiro atoms. The van der Waals surface area contributed by atoms with Crippen LogP contribution in [0.3, 0.4) is 0 Å². The highest BCUT2D eigenvalue weighted by molar-refractivity contribution is 4.73. The first kappa shape index (κ1) is 15.9. The van der Waals surface area contributed by atoms with E-state index in [2.05, 4.69) is 34.6 Å². The van der Waals surface area contributed by atoms with E-state index in [0.717, 1.165) is 11.8 Å². The van der Waals surface area contributed by atoms with Crippen molar-refractivity contribution >= 4 is 0 Å². The maximum atomic E-state index is 5.75. The second-order valence-electron chi connectivity index (χ2n) is 5.75. The minimum atomic E-state index is -0.173. The highest BCUT2D eigenvalue weighted by atomic mass is 14.9. The molecular formula is C14H32N2. The maximum absolute atomic E-state index is 5.75. The molecule has 4 atom stereocenters. The molecule has 2 nitrogen and oxygen atoms in total. The molecule has 0 radical (unpaired) electrons. The highest BCUT2D eigenvalue weighted by Crippen LogP contribution is 2.27. The van der Waals surface area contributed by atoms with Crippen molar-refractivity contribution in [2.45, 2.75) is 66.5 Å². The summed E-state index contributed by atoms with van der Waals surface area (Å²) in [5.74, 6) is 2.64. The molecule has 0 saturated heterocycles. The Morgan fingerprint density at radius 2 is 1.44 bits per heavy atom. The van der Waals surface area contributed by atoms with Crippen LogP contribution in [0, 0.1) is 23.7 Å². The quantitative estimate of drug-likeness (QED) is 0.626. The summed E-state index contributed by atoms with van der Waals surface area (Å²) >= 11 is 0. The van der Waals surface area contributed by atoms with Crippen LogP contribution in [-0.4, -0.2) is 6.17 Å². The fourth-order valence-corrected chi connectivity index (χ4v) is 2.22. The van der Waals surface area contributed by atoms with Crippen molar-refractivity contribution in [3.63, 3.8) is 0 Å². The van der Waals surface area contributed by atoms with Gasteiger partial charge in [0, 0.05) is 0 Å². The molecule has 0 aromatic rings. The standard InChI is InChI=1S/C14H32N2/c1-6-7-8-10(2)11(3)9-12(4)13(5)14(15)16/h10-14H,6-9,15-16H2,1-5H3. The van der Waals surface area contributed by atoms with Crippen LogP contribution < -0.4 is 11.5 Å². The Bertz CT molecular complexity index is 168. The van der Waals surface area contributed by atoms with Crippen molar-refractivity contribution in [2.75, 3.05) is 0 Å². The molecule has 0 rings (SSSR count). The zero-order chi connectivity index (χ0) is 12.7. The molecule has 2 heteroatoms. The van der Waals surface area contributed by atoms with Gasteiger partial charge in [-0.3, -0.25) is 0 Å². The van der Waals surface area contributed by atoms with Gasteiger partial charge in [0.2, 0.25) is 0 Å². The Labute approximate surface area is 102 Å². The van der Waals surface area contributed by atoms with Gasteiger partial charge in [-0.2, -0.15) is 0 Å². The summed E-state index contributed by atoms with van der Waals surface area (Å²) in [7, 11) is 0. The lowest BCUT2D eigenvalue weighted by Crippen LogP contribution is -2.40. The van der Waals surface area contributed by atoms with Crippen molar-refractivity contribution in [3.8, 4) is 0 Å². The summed E-state index contributed by atoms with van der Waals surface area (Å²) in [5, 5.41) is 0. The van der Waals surface area contributed by atoms with Gasteiger partial charge in [-0.25, -0.2) is 0 Å². The number of unbranched alkanes of at least 4 members (excludes halogenated alkanes) is 1. The van der Waals surface area contributed by atoms with Crippen molar-refractivity contribution in [1.82, 2.24) is 0 Å². The first-order valence-corrected chi connectivity index (χ1v) is 6.91. The van der Waals surface area contributed by atoms with Crippen LogP contribution >= 0.6 is 0 Å². The molecule has 98 valence electrons.